The number of hydrogen-bond acceptors (Lipinski definition) is 4. The molecule has 2 aromatic carbocycles. The monoisotopic (exact) mass is 432 g/mol. The number of thioether (sulfide) groups is 1. The van der Waals surface area contributed by atoms with Crippen LogP contribution in [0, 0.1) is 5.82 Å². The van der Waals surface area contributed by atoms with Crippen molar-refractivity contribution in [2.24, 2.45) is 0 Å². The Hall–Kier alpha value is -2.84. The first-order valence-electron chi connectivity index (χ1n) is 8.71. The van der Waals surface area contributed by atoms with E-state index in [9.17, 15) is 14.0 Å². The summed E-state index contributed by atoms with van der Waals surface area (Å²) in [6.07, 6.45) is 3.61. The topological polar surface area (TPSA) is 76.0 Å². The molecule has 1 aromatic heterocycles. The third-order valence-electron chi connectivity index (χ3n) is 4.05. The van der Waals surface area contributed by atoms with Crippen LogP contribution in [0.1, 0.15) is 23.8 Å². The van der Waals surface area contributed by atoms with Gasteiger partial charge in [0, 0.05) is 17.8 Å². The van der Waals surface area contributed by atoms with Crippen LogP contribution in [0.4, 0.5) is 15.8 Å². The van der Waals surface area contributed by atoms with Gasteiger partial charge < -0.3 is 10.6 Å². The molecule has 0 saturated carbocycles. The van der Waals surface area contributed by atoms with Gasteiger partial charge >= 0.3 is 0 Å². The average molecular weight is 433 g/mol. The molecule has 0 aliphatic heterocycles. The summed E-state index contributed by atoms with van der Waals surface area (Å²) in [6.45, 7) is 1.74. The van der Waals surface area contributed by atoms with Crippen molar-refractivity contribution in [3.05, 3.63) is 65.2 Å². The number of nitrogens with one attached hydrogen (secondary N) is 2. The summed E-state index contributed by atoms with van der Waals surface area (Å²) in [5.41, 5.74) is 1.74. The maximum atomic E-state index is 13.3. The average Bonchev–Trinajstić information content (AvgIpc) is 3.15. The van der Waals surface area contributed by atoms with Crippen LogP contribution in [-0.4, -0.2) is 27.6 Å². The van der Waals surface area contributed by atoms with Gasteiger partial charge in [0.1, 0.15) is 11.5 Å². The van der Waals surface area contributed by atoms with Crippen molar-refractivity contribution in [1.82, 2.24) is 9.55 Å². The fourth-order valence-corrected chi connectivity index (χ4v) is 3.32. The molecule has 0 saturated heterocycles. The van der Waals surface area contributed by atoms with Gasteiger partial charge in [0.15, 0.2) is 5.16 Å². The molecule has 3 aromatic rings. The van der Waals surface area contributed by atoms with E-state index in [1.54, 1.807) is 41.8 Å². The molecule has 2 amide bonds. The molecule has 29 heavy (non-hydrogen) atoms. The predicted octanol–water partition coefficient (Wildman–Crippen LogP) is 4.99. The minimum Gasteiger partial charge on any atom is -0.326 e. The second-order valence-electron chi connectivity index (χ2n) is 5.99. The van der Waals surface area contributed by atoms with Gasteiger partial charge in [-0.25, -0.2) is 9.37 Å². The molecule has 150 valence electrons. The Morgan fingerprint density at radius 1 is 1.17 bits per heavy atom. The molecular formula is C20H18ClFN4O2S. The van der Waals surface area contributed by atoms with E-state index in [2.05, 4.69) is 15.6 Å². The highest BCUT2D eigenvalue weighted by atomic mass is 35.5. The number of amides is 2. The van der Waals surface area contributed by atoms with Gasteiger partial charge in [-0.2, -0.15) is 0 Å². The number of aromatic nitrogens is 2. The van der Waals surface area contributed by atoms with E-state index in [4.69, 9.17) is 11.6 Å². The lowest BCUT2D eigenvalue weighted by Crippen LogP contribution is -2.17. The van der Waals surface area contributed by atoms with E-state index in [1.807, 2.05) is 6.26 Å². The van der Waals surface area contributed by atoms with E-state index in [1.165, 1.54) is 30.1 Å². The number of rotatable bonds is 6. The highest BCUT2D eigenvalue weighted by molar-refractivity contribution is 7.98. The van der Waals surface area contributed by atoms with Crippen LogP contribution < -0.4 is 10.6 Å². The molecule has 1 heterocycles. The van der Waals surface area contributed by atoms with E-state index >= 15 is 0 Å². The molecule has 0 radical (unpaired) electrons. The normalized spacial score (nSPS) is 10.6. The van der Waals surface area contributed by atoms with Crippen LogP contribution >= 0.6 is 23.4 Å². The maximum absolute atomic E-state index is 13.3. The summed E-state index contributed by atoms with van der Waals surface area (Å²) >= 11 is 7.57. The fourth-order valence-electron chi connectivity index (χ4n) is 2.61. The second kappa shape index (κ2) is 9.11. The highest BCUT2D eigenvalue weighted by Crippen LogP contribution is 2.28. The first kappa shape index (κ1) is 20.9. The third-order valence-corrected chi connectivity index (χ3v) is 5.03. The number of halogens is 2. The molecule has 6 nitrogen and oxygen atoms in total. The van der Waals surface area contributed by atoms with Crippen LogP contribution in [0.2, 0.25) is 5.02 Å². The van der Waals surface area contributed by atoms with Crippen molar-refractivity contribution in [1.29, 1.82) is 0 Å². The maximum Gasteiger partial charge on any atom is 0.274 e. The molecule has 3 rings (SSSR count). The standard InChI is InChI=1S/C20H18ClFN4O2S/c1-3-18(27)24-13-6-9-15(21)16(10-13)25-19(28)17-11-23-20(29-2)26(17)14-7-4-12(22)5-8-14/h4-11H,3H2,1-2H3,(H,24,27)(H,25,28). The summed E-state index contributed by atoms with van der Waals surface area (Å²) in [5.74, 6) is -0.963. The number of anilines is 2. The number of carbonyl (C=O) groups excluding carboxylic acids is 2. The van der Waals surface area contributed by atoms with Gasteiger partial charge in [-0.15, -0.1) is 0 Å². The molecule has 0 unspecified atom stereocenters. The zero-order valence-corrected chi connectivity index (χ0v) is 17.3. The summed E-state index contributed by atoms with van der Waals surface area (Å²) in [5, 5.41) is 6.38. The smallest absolute Gasteiger partial charge is 0.274 e. The molecule has 0 atom stereocenters. The molecule has 0 fully saturated rings. The van der Waals surface area contributed by atoms with Crippen molar-refractivity contribution in [2.45, 2.75) is 18.5 Å². The third kappa shape index (κ3) is 4.78. The largest absolute Gasteiger partial charge is 0.326 e. The van der Waals surface area contributed by atoms with Gasteiger partial charge in [-0.05, 0) is 48.7 Å². The zero-order valence-electron chi connectivity index (χ0n) is 15.7. The Balaban J connectivity index is 1.92. The van der Waals surface area contributed by atoms with Gasteiger partial charge in [-0.3, -0.25) is 14.2 Å². The van der Waals surface area contributed by atoms with E-state index in [-0.39, 0.29) is 17.4 Å². The van der Waals surface area contributed by atoms with Gasteiger partial charge in [0.25, 0.3) is 5.91 Å². The minimum absolute atomic E-state index is 0.149. The molecular weight excluding hydrogens is 415 g/mol. The summed E-state index contributed by atoms with van der Waals surface area (Å²) in [4.78, 5) is 28.8. The van der Waals surface area contributed by atoms with Gasteiger partial charge in [0.05, 0.1) is 16.9 Å². The quantitative estimate of drug-likeness (QED) is 0.538. The molecule has 0 aliphatic rings. The Labute approximate surface area is 176 Å². The zero-order chi connectivity index (χ0) is 21.0. The predicted molar refractivity (Wildman–Crippen MR) is 114 cm³/mol. The number of imidazole rings is 1. The molecule has 0 aliphatic carbocycles. The molecule has 2 N–H and O–H groups in total. The lowest BCUT2D eigenvalue weighted by Gasteiger charge is -2.13. The minimum atomic E-state index is -0.442. The van der Waals surface area contributed by atoms with Crippen LogP contribution in [0.3, 0.4) is 0 Å². The van der Waals surface area contributed by atoms with E-state index in [0.717, 1.165) is 0 Å². The van der Waals surface area contributed by atoms with Crippen LogP contribution in [0.5, 0.6) is 0 Å². The molecule has 9 heteroatoms. The first-order chi connectivity index (χ1) is 13.9. The molecule has 0 spiro atoms. The SMILES string of the molecule is CCC(=O)Nc1ccc(Cl)c(NC(=O)c2cnc(SC)n2-c2ccc(F)cc2)c1. The van der Waals surface area contributed by atoms with Crippen molar-refractivity contribution >= 4 is 46.6 Å². The summed E-state index contributed by atoms with van der Waals surface area (Å²) < 4.78 is 14.9. The van der Waals surface area contributed by atoms with Crippen LogP contribution in [-0.2, 0) is 4.79 Å². The lowest BCUT2D eigenvalue weighted by molar-refractivity contribution is -0.115. The first-order valence-corrected chi connectivity index (χ1v) is 10.3. The van der Waals surface area contributed by atoms with Crippen molar-refractivity contribution in [2.75, 3.05) is 16.9 Å². The molecule has 0 bridgehead atoms. The summed E-state index contributed by atoms with van der Waals surface area (Å²) in [6, 6.07) is 10.6. The van der Waals surface area contributed by atoms with Crippen LogP contribution in [0.15, 0.2) is 53.8 Å². The number of benzene rings is 2. The van der Waals surface area contributed by atoms with Gasteiger partial charge in [-0.1, -0.05) is 30.3 Å². The van der Waals surface area contributed by atoms with Crippen LogP contribution in [0.25, 0.3) is 5.69 Å². The number of nitrogens with zero attached hydrogens (tertiary/aromatic N) is 2. The van der Waals surface area contributed by atoms with E-state index < -0.39 is 5.91 Å². The van der Waals surface area contributed by atoms with Crippen molar-refractivity contribution in [3.8, 4) is 5.69 Å². The second-order valence-corrected chi connectivity index (χ2v) is 7.17. The summed E-state index contributed by atoms with van der Waals surface area (Å²) in [7, 11) is 0. The number of carbonyl (C=O) groups is 2. The number of hydrogen-bond donors (Lipinski definition) is 2. The van der Waals surface area contributed by atoms with Crippen molar-refractivity contribution < 1.29 is 14.0 Å². The van der Waals surface area contributed by atoms with Gasteiger partial charge in [0.2, 0.25) is 5.91 Å². The Morgan fingerprint density at radius 2 is 1.90 bits per heavy atom. The highest BCUT2D eigenvalue weighted by Gasteiger charge is 2.19. The Bertz CT molecular complexity index is 1050. The lowest BCUT2D eigenvalue weighted by atomic mass is 10.2. The van der Waals surface area contributed by atoms with Crippen molar-refractivity contribution in [3.63, 3.8) is 0 Å². The van der Waals surface area contributed by atoms with E-state index in [0.29, 0.717) is 33.7 Å². The Kier molecular flexibility index (Phi) is 6.56. The Morgan fingerprint density at radius 3 is 2.55 bits per heavy atom. The fraction of sp³-hybridized carbons (Fsp3) is 0.150.